The van der Waals surface area contributed by atoms with E-state index in [0.29, 0.717) is 27.3 Å². The van der Waals surface area contributed by atoms with Crippen LogP contribution in [0.25, 0.3) is 83.4 Å². The third-order valence-corrected chi connectivity index (χ3v) is 26.3. The van der Waals surface area contributed by atoms with E-state index in [0.717, 1.165) is 20.7 Å². The summed E-state index contributed by atoms with van der Waals surface area (Å²) in [7, 11) is -9.73. The summed E-state index contributed by atoms with van der Waals surface area (Å²) < 4.78 is 310. The van der Waals surface area contributed by atoms with Crippen molar-refractivity contribution < 1.29 is 53.2 Å². The quantitative estimate of drug-likeness (QED) is 0.0418. The largest absolute Gasteiger partial charge is 0.458 e. The smallest absolute Gasteiger partial charge is 0.269 e. The molecule has 0 amide bonds. The molecular formula is C91H66N4OSi2. The Morgan fingerprint density at radius 3 is 1.52 bits per heavy atom. The third-order valence-electron chi connectivity index (χ3n) is 17.5. The van der Waals surface area contributed by atoms with Crippen LogP contribution < -0.4 is 50.8 Å². The van der Waals surface area contributed by atoms with Crippen LogP contribution in [0.2, 0.25) is 0 Å². The molecule has 0 unspecified atom stereocenters. The van der Waals surface area contributed by atoms with Crippen molar-refractivity contribution in [1.82, 2.24) is 14.1 Å². The number of para-hydroxylation sites is 3. The third kappa shape index (κ3) is 10.3. The van der Waals surface area contributed by atoms with Gasteiger partial charge in [0.2, 0.25) is 0 Å². The average molecular weight is 1320 g/mol. The number of hydrogen-bond donors (Lipinski definition) is 0. The van der Waals surface area contributed by atoms with Crippen LogP contribution in [0.5, 0.6) is 11.5 Å². The van der Waals surface area contributed by atoms with E-state index in [1.807, 2.05) is 66.7 Å². The SMILES string of the molecule is [2H]c1c([2H])c([2H])c(-c2cnc(-n3c4ccc([Si](c5ccccc5)(c5ccccc5)c5ccccc5)cc4c4ccc(Oc5cccc(-n6[c-][n+](-c7c(-c8c([2H])c([2H])c([2H])c([2H])c8[2H])cccc7-c7c([2H])c([2H])c([2H])c([Si](c8c([2H])c([2H])c([2H])c([2H])c8[2H])(c8c([2H])c([2H])c([2H])c([2H])c8[2H])c8c([2H])c([2H])c([2H])c([2H])c8[2H])c7[2H])c7ccccc76)c5)cc43)cc2C([2H])([2H])[2H])c([2H])c1[2H]. The number of rotatable bonds is 16. The number of hydrogen-bond acceptors (Lipinski definition) is 2. The van der Waals surface area contributed by atoms with Crippen molar-refractivity contribution in [2.75, 3.05) is 0 Å². The van der Waals surface area contributed by atoms with Crippen molar-refractivity contribution in [2.24, 2.45) is 0 Å². The van der Waals surface area contributed by atoms with Gasteiger partial charge in [0.1, 0.15) is 17.3 Å². The van der Waals surface area contributed by atoms with Gasteiger partial charge < -0.3 is 4.74 Å². The molecule has 0 fully saturated rings. The highest BCUT2D eigenvalue weighted by Gasteiger charge is 2.43. The fourth-order valence-electron chi connectivity index (χ4n) is 13.3. The van der Waals surface area contributed by atoms with E-state index in [2.05, 4.69) is 54.9 Å². The van der Waals surface area contributed by atoms with Crippen molar-refractivity contribution >= 4 is 90.5 Å². The number of imidazole rings is 1. The van der Waals surface area contributed by atoms with Crippen LogP contribution >= 0.6 is 0 Å². The number of pyridine rings is 1. The molecule has 0 bridgehead atoms. The van der Waals surface area contributed by atoms with E-state index < -0.39 is 236 Å². The lowest BCUT2D eigenvalue weighted by Gasteiger charge is -2.34. The second-order valence-corrected chi connectivity index (χ2v) is 30.1. The molecule has 0 radical (unpaired) electrons. The van der Waals surface area contributed by atoms with Gasteiger partial charge >= 0.3 is 0 Å². The topological polar surface area (TPSA) is 35.9 Å². The standard InChI is InChI=1S/C91H66N4OSi2/c1-66-59-90(92-64-85(66)68-33-12-3-13-34-68)95-86-58-56-80(98(76-44-20-7-21-45-76,77-46-22-8-23-47-77)78-48-24-9-25-49-78)63-84(86)83-57-55-72(62-89(83)95)96-71-37-29-36-70(61-71)93-65-94(88-54-27-26-53-87(88)93)91-81(67-31-10-2-11-32-67)51-30-52-82(91)69-35-28-50-79(60-69)97(73-38-14-4-15-39-73,74-40-16-5-17-41-74)75-42-18-6-19-43-75/h2-64H,1H3/i1D3,2D,3D,4D,5D,6D,10D,11D,12D,13D,14D,15D,16D,17D,18D,19D,28D,31D,32D,33D,34D,35D,38D,39D,40D,41D,42D,43D,50D,60D. The number of nitrogens with zero attached hydrogens (tertiary/aromatic N) is 4. The molecule has 0 spiro atoms. The van der Waals surface area contributed by atoms with Crippen molar-refractivity contribution in [2.45, 2.75) is 6.85 Å². The zero-order chi connectivity index (χ0) is 93.1. The molecule has 0 atom stereocenters. The van der Waals surface area contributed by atoms with Crippen molar-refractivity contribution in [1.29, 1.82) is 0 Å². The summed E-state index contributed by atoms with van der Waals surface area (Å²) in [5.74, 6) is 0.434. The molecule has 17 rings (SSSR count). The molecule has 0 N–H and O–H groups in total. The Bertz CT molecular complexity index is 7290. The molecule has 17 aromatic rings. The van der Waals surface area contributed by atoms with Crippen LogP contribution in [0.3, 0.4) is 0 Å². The molecule has 3 aromatic heterocycles. The normalized spacial score (nSPS) is 16.4. The lowest BCUT2D eigenvalue weighted by Crippen LogP contribution is -2.74. The van der Waals surface area contributed by atoms with E-state index in [-0.39, 0.29) is 56.5 Å². The van der Waals surface area contributed by atoms with Gasteiger partial charge in [-0.05, 0) is 124 Å². The summed E-state index contributed by atoms with van der Waals surface area (Å²) in [4.78, 5) is 4.90. The molecule has 14 aromatic carbocycles. The van der Waals surface area contributed by atoms with Crippen LogP contribution in [0.1, 0.15) is 49.4 Å². The summed E-state index contributed by atoms with van der Waals surface area (Å²) in [5.41, 5.74) is -1.45. The maximum absolute atomic E-state index is 10.9. The van der Waals surface area contributed by atoms with Crippen LogP contribution in [0.4, 0.5) is 0 Å². The first-order chi connectivity index (χ1) is 61.8. The fraction of sp³-hybridized carbons (Fsp3) is 0.0110. The number of benzene rings is 14. The predicted octanol–water partition coefficient (Wildman–Crippen LogP) is 16.1. The van der Waals surface area contributed by atoms with Gasteiger partial charge in [-0.25, -0.2) is 4.98 Å². The molecule has 0 aliphatic carbocycles. The van der Waals surface area contributed by atoms with Gasteiger partial charge in [0.25, 0.3) is 6.33 Å². The molecular weight excluding hydrogens is 1220 g/mol. The van der Waals surface area contributed by atoms with Crippen LogP contribution in [0.15, 0.2) is 382 Å². The first-order valence-electron chi connectivity index (χ1n) is 46.9. The second-order valence-electron chi connectivity index (χ2n) is 22.7. The van der Waals surface area contributed by atoms with Crippen LogP contribution in [-0.2, 0) is 0 Å². The zero-order valence-corrected chi connectivity index (χ0v) is 53.3. The van der Waals surface area contributed by atoms with Gasteiger partial charge in [-0.1, -0.05) is 327 Å². The molecule has 3 heterocycles. The van der Waals surface area contributed by atoms with E-state index >= 15 is 0 Å². The molecule has 98 heavy (non-hydrogen) atoms. The lowest BCUT2D eigenvalue weighted by atomic mass is 9.95. The molecule has 0 saturated carbocycles. The van der Waals surface area contributed by atoms with Gasteiger partial charge in [-0.3, -0.25) is 13.7 Å². The molecule has 0 aliphatic rings. The van der Waals surface area contributed by atoms with E-state index in [9.17, 15) is 24.7 Å². The first kappa shape index (κ1) is 34.4. The summed E-state index contributed by atoms with van der Waals surface area (Å²) in [6.07, 6.45) is 4.55. The monoisotopic (exact) mass is 1320 g/mol. The summed E-state index contributed by atoms with van der Waals surface area (Å²) >= 11 is 0. The maximum atomic E-state index is 10.9. The van der Waals surface area contributed by atoms with E-state index in [1.54, 1.807) is 69.8 Å². The Labute approximate surface area is 618 Å². The summed E-state index contributed by atoms with van der Waals surface area (Å²) in [6.45, 7) is -2.98. The van der Waals surface area contributed by atoms with Crippen molar-refractivity contribution in [3.63, 3.8) is 0 Å². The fourth-order valence-corrected chi connectivity index (χ4v) is 21.6. The van der Waals surface area contributed by atoms with Gasteiger partial charge in [-0.15, -0.1) is 0 Å². The number of aromatic nitrogens is 4. The highest BCUT2D eigenvalue weighted by molar-refractivity contribution is 7.20. The Balaban J connectivity index is 0.906. The summed E-state index contributed by atoms with van der Waals surface area (Å²) in [5, 5.41) is 1.15. The minimum Gasteiger partial charge on any atom is -0.458 e. The Morgan fingerprint density at radius 1 is 0.388 bits per heavy atom. The molecule has 0 aliphatic heterocycles. The van der Waals surface area contributed by atoms with Crippen LogP contribution in [0, 0.1) is 13.2 Å². The first-order valence-corrected chi connectivity index (χ1v) is 34.9. The van der Waals surface area contributed by atoms with Crippen molar-refractivity contribution in [3.8, 4) is 62.1 Å². The Morgan fingerprint density at radius 2 is 0.908 bits per heavy atom. The molecule has 464 valence electrons. The molecule has 7 heteroatoms. The van der Waals surface area contributed by atoms with E-state index in [4.69, 9.17) is 28.9 Å². The highest BCUT2D eigenvalue weighted by Crippen LogP contribution is 2.38. The summed E-state index contributed by atoms with van der Waals surface area (Å²) in [6, 6.07) is 30.9. The Kier molecular flexibility index (Phi) is 8.94. The van der Waals surface area contributed by atoms with Gasteiger partial charge in [0.15, 0.2) is 16.1 Å². The van der Waals surface area contributed by atoms with Gasteiger partial charge in [0.05, 0.1) is 73.2 Å². The van der Waals surface area contributed by atoms with E-state index in [1.165, 1.54) is 35.0 Å². The predicted molar refractivity (Wildman–Crippen MR) is 411 cm³/mol. The average Bonchev–Trinajstić information content (AvgIpc) is 0.740. The molecule has 5 nitrogen and oxygen atoms in total. The molecule has 0 saturated heterocycles. The number of ether oxygens (including phenoxy) is 1. The number of fused-ring (bicyclic) bond motifs is 4. The van der Waals surface area contributed by atoms with Gasteiger partial charge in [-0.2, -0.15) is 0 Å². The highest BCUT2D eigenvalue weighted by atomic mass is 28.3. The van der Waals surface area contributed by atoms with Crippen molar-refractivity contribution in [3.05, 3.63) is 394 Å². The maximum Gasteiger partial charge on any atom is 0.269 e. The zero-order valence-electron chi connectivity index (χ0n) is 83.3. The lowest BCUT2D eigenvalue weighted by molar-refractivity contribution is -0.571. The Hall–Kier alpha value is -12.3. The van der Waals surface area contributed by atoms with Crippen LogP contribution in [-0.4, -0.2) is 30.3 Å². The number of aryl methyl sites for hydroxylation is 1. The minimum absolute atomic E-state index is 0.0587. The van der Waals surface area contributed by atoms with Gasteiger partial charge in [0, 0.05) is 32.7 Å². The minimum atomic E-state index is -6.45. The second kappa shape index (κ2) is 25.5.